The Balaban J connectivity index is 2.94. The van der Waals surface area contributed by atoms with Crippen LogP contribution in [0.2, 0.25) is 0 Å². The molecule has 3 nitrogen and oxygen atoms in total. The first-order valence-electron chi connectivity index (χ1n) is 7.27. The Morgan fingerprint density at radius 2 is 1.91 bits per heavy atom. The summed E-state index contributed by atoms with van der Waals surface area (Å²) in [6.45, 7) is 8.90. The van der Waals surface area contributed by atoms with Crippen molar-refractivity contribution in [1.82, 2.24) is 5.32 Å². The van der Waals surface area contributed by atoms with E-state index in [1.165, 1.54) is 0 Å². The fraction of sp³-hybridized carbons (Fsp3) is 0.688. The van der Waals surface area contributed by atoms with Crippen LogP contribution < -0.4 is 5.32 Å². The molecule has 0 bridgehead atoms. The van der Waals surface area contributed by atoms with E-state index < -0.39 is 36.0 Å². The number of hydrogen-bond acceptors (Lipinski definition) is 2. The molecule has 6 heteroatoms. The van der Waals surface area contributed by atoms with Crippen molar-refractivity contribution in [2.75, 3.05) is 0 Å². The van der Waals surface area contributed by atoms with Crippen LogP contribution in [0.5, 0.6) is 0 Å². The summed E-state index contributed by atoms with van der Waals surface area (Å²) in [6.07, 6.45) is 3.86. The molecular formula is C16H24BrF2NO2. The van der Waals surface area contributed by atoms with Crippen LogP contribution in [0, 0.1) is 0 Å². The van der Waals surface area contributed by atoms with Crippen LogP contribution in [0.25, 0.3) is 0 Å². The second kappa shape index (κ2) is 6.69. The van der Waals surface area contributed by atoms with Crippen molar-refractivity contribution in [2.24, 2.45) is 0 Å². The monoisotopic (exact) mass is 379 g/mol. The molecule has 1 rings (SSSR count). The summed E-state index contributed by atoms with van der Waals surface area (Å²) in [4.78, 5) is 12.1. The molecule has 1 atom stereocenters. The highest BCUT2D eigenvalue weighted by molar-refractivity contribution is 9.09. The highest BCUT2D eigenvalue weighted by atomic mass is 79.9. The van der Waals surface area contributed by atoms with Gasteiger partial charge in [-0.3, -0.25) is 0 Å². The number of amides is 1. The third kappa shape index (κ3) is 5.38. The Morgan fingerprint density at radius 1 is 1.36 bits per heavy atom. The molecule has 0 radical (unpaired) electrons. The maximum atomic E-state index is 13.5. The quantitative estimate of drug-likeness (QED) is 0.553. The molecule has 1 N–H and O–H groups in total. The summed E-state index contributed by atoms with van der Waals surface area (Å²) >= 11 is 3.38. The van der Waals surface area contributed by atoms with Gasteiger partial charge in [0.15, 0.2) is 0 Å². The Labute approximate surface area is 139 Å². The molecule has 126 valence electrons. The number of rotatable bonds is 4. The second-order valence-corrected chi connectivity index (χ2v) is 8.14. The third-order valence-electron chi connectivity index (χ3n) is 3.27. The Morgan fingerprint density at radius 3 is 2.27 bits per heavy atom. The molecule has 0 aromatic heterocycles. The van der Waals surface area contributed by atoms with Gasteiger partial charge in [0.25, 0.3) is 5.92 Å². The molecule has 0 aromatic rings. The summed E-state index contributed by atoms with van der Waals surface area (Å²) in [7, 11) is 0. The van der Waals surface area contributed by atoms with Gasteiger partial charge >= 0.3 is 6.09 Å². The van der Waals surface area contributed by atoms with Crippen molar-refractivity contribution in [2.45, 2.75) is 69.4 Å². The maximum absolute atomic E-state index is 13.5. The lowest BCUT2D eigenvalue weighted by Crippen LogP contribution is -2.63. The number of allylic oxidation sites excluding steroid dienone is 2. The topological polar surface area (TPSA) is 38.3 Å². The van der Waals surface area contributed by atoms with Crippen LogP contribution in [0.4, 0.5) is 13.6 Å². The molecule has 0 unspecified atom stereocenters. The molecule has 0 aliphatic heterocycles. The minimum Gasteiger partial charge on any atom is -0.444 e. The molecular weight excluding hydrogens is 356 g/mol. The smallest absolute Gasteiger partial charge is 0.408 e. The normalized spacial score (nSPS) is 22.1. The highest BCUT2D eigenvalue weighted by Gasteiger charge is 2.58. The molecule has 1 saturated carbocycles. The van der Waals surface area contributed by atoms with Gasteiger partial charge in [-0.1, -0.05) is 34.2 Å². The summed E-state index contributed by atoms with van der Waals surface area (Å²) in [5, 5.41) is 2.64. The minimum absolute atomic E-state index is 0.113. The molecule has 1 aliphatic rings. The zero-order valence-corrected chi connectivity index (χ0v) is 15.3. The first-order valence-corrected chi connectivity index (χ1v) is 8.19. The van der Waals surface area contributed by atoms with Crippen molar-refractivity contribution in [3.8, 4) is 0 Å². The van der Waals surface area contributed by atoms with Gasteiger partial charge in [0, 0.05) is 17.7 Å². The van der Waals surface area contributed by atoms with Gasteiger partial charge < -0.3 is 10.1 Å². The van der Waals surface area contributed by atoms with E-state index in [9.17, 15) is 13.6 Å². The zero-order valence-electron chi connectivity index (χ0n) is 13.7. The van der Waals surface area contributed by atoms with Crippen molar-refractivity contribution in [3.63, 3.8) is 0 Å². The average molecular weight is 380 g/mol. The van der Waals surface area contributed by atoms with E-state index in [1.807, 2.05) is 13.0 Å². The molecule has 1 amide bonds. The first kappa shape index (κ1) is 19.1. The average Bonchev–Trinajstić information content (AvgIpc) is 2.23. The Hall–Kier alpha value is -0.910. The van der Waals surface area contributed by atoms with E-state index in [4.69, 9.17) is 4.74 Å². The number of alkyl halides is 3. The van der Waals surface area contributed by atoms with Crippen molar-refractivity contribution >= 4 is 22.0 Å². The molecule has 1 fully saturated rings. The number of carbonyl (C=O) groups is 1. The lowest BCUT2D eigenvalue weighted by molar-refractivity contribution is -0.119. The molecule has 0 aromatic carbocycles. The highest BCUT2D eigenvalue weighted by Crippen LogP contribution is 2.50. The van der Waals surface area contributed by atoms with E-state index in [2.05, 4.69) is 21.2 Å². The van der Waals surface area contributed by atoms with Gasteiger partial charge in [-0.2, -0.15) is 0 Å². The molecule has 22 heavy (non-hydrogen) atoms. The van der Waals surface area contributed by atoms with E-state index in [0.29, 0.717) is 5.57 Å². The fourth-order valence-corrected chi connectivity index (χ4v) is 2.62. The lowest BCUT2D eigenvalue weighted by atomic mass is 9.68. The van der Waals surface area contributed by atoms with Gasteiger partial charge in [-0.15, -0.1) is 0 Å². The van der Waals surface area contributed by atoms with Crippen LogP contribution in [0.15, 0.2) is 23.8 Å². The fourth-order valence-electron chi connectivity index (χ4n) is 2.46. The standard InChI is InChI=1S/C16H24BrF2NO2/c1-6-12(8-7-11(2)17)15(9-16(18,19)10-15)20-13(21)22-14(3,4)5/h6-8,11H,9-10H2,1-5H3,(H,20,21)/b8-7-,12-6+/t11-/m0/s1. The van der Waals surface area contributed by atoms with Crippen molar-refractivity contribution in [3.05, 3.63) is 23.8 Å². The van der Waals surface area contributed by atoms with Gasteiger partial charge in [0.2, 0.25) is 0 Å². The van der Waals surface area contributed by atoms with Crippen LogP contribution in [0.1, 0.15) is 47.5 Å². The van der Waals surface area contributed by atoms with Crippen LogP contribution in [-0.2, 0) is 4.74 Å². The lowest BCUT2D eigenvalue weighted by Gasteiger charge is -2.48. The number of hydrogen-bond donors (Lipinski definition) is 1. The summed E-state index contributed by atoms with van der Waals surface area (Å²) in [6, 6.07) is 0. The number of ether oxygens (including phenoxy) is 1. The second-order valence-electron chi connectivity index (χ2n) is 6.70. The minimum atomic E-state index is -2.77. The van der Waals surface area contributed by atoms with Crippen LogP contribution in [-0.4, -0.2) is 28.0 Å². The molecule has 1 aliphatic carbocycles. The van der Waals surface area contributed by atoms with E-state index in [0.717, 1.165) is 0 Å². The zero-order chi connectivity index (χ0) is 17.2. The van der Waals surface area contributed by atoms with Crippen molar-refractivity contribution < 1.29 is 18.3 Å². The van der Waals surface area contributed by atoms with Gasteiger partial charge in [0.1, 0.15) is 5.60 Å². The Kier molecular flexibility index (Phi) is 5.82. The summed E-state index contributed by atoms with van der Waals surface area (Å²) in [5.41, 5.74) is -1.08. The number of carbonyl (C=O) groups excluding carboxylic acids is 1. The molecule has 0 heterocycles. The van der Waals surface area contributed by atoms with E-state index in [-0.39, 0.29) is 4.83 Å². The Bertz CT molecular complexity index is 471. The van der Waals surface area contributed by atoms with E-state index in [1.54, 1.807) is 39.8 Å². The van der Waals surface area contributed by atoms with Crippen LogP contribution >= 0.6 is 15.9 Å². The van der Waals surface area contributed by atoms with Gasteiger partial charge in [0.05, 0.1) is 5.54 Å². The molecule has 0 saturated heterocycles. The van der Waals surface area contributed by atoms with Crippen LogP contribution in [0.3, 0.4) is 0 Å². The van der Waals surface area contributed by atoms with Gasteiger partial charge in [-0.05, 0) is 40.2 Å². The van der Waals surface area contributed by atoms with Gasteiger partial charge in [-0.25, -0.2) is 13.6 Å². The number of alkyl carbamates (subject to hydrolysis) is 1. The first-order chi connectivity index (χ1) is 9.89. The summed E-state index contributed by atoms with van der Waals surface area (Å²) in [5.74, 6) is -2.77. The number of halogens is 3. The SMILES string of the molecule is C/C=C(\C=C/[C@H](C)Br)C1(NC(=O)OC(C)(C)C)CC(F)(F)C1. The number of nitrogens with one attached hydrogen (secondary N) is 1. The largest absolute Gasteiger partial charge is 0.444 e. The predicted octanol–water partition coefficient (Wildman–Crippen LogP) is 4.96. The third-order valence-corrected chi connectivity index (χ3v) is 3.57. The predicted molar refractivity (Wildman–Crippen MR) is 87.6 cm³/mol. The maximum Gasteiger partial charge on any atom is 0.408 e. The van der Waals surface area contributed by atoms with Crippen molar-refractivity contribution in [1.29, 1.82) is 0 Å². The van der Waals surface area contributed by atoms with E-state index >= 15 is 0 Å². The summed E-state index contributed by atoms with van der Waals surface area (Å²) < 4.78 is 32.1. The molecule has 0 spiro atoms.